The van der Waals surface area contributed by atoms with Crippen molar-refractivity contribution in [2.24, 2.45) is 0 Å². The van der Waals surface area contributed by atoms with Crippen molar-refractivity contribution in [3.63, 3.8) is 0 Å². The number of nitrogens with one attached hydrogen (secondary N) is 1. The third-order valence-corrected chi connectivity index (χ3v) is 5.26. The lowest BCUT2D eigenvalue weighted by Crippen LogP contribution is -2.30. The predicted octanol–water partition coefficient (Wildman–Crippen LogP) is 3.92. The highest BCUT2D eigenvalue weighted by Crippen LogP contribution is 2.39. The molecule has 1 aromatic carbocycles. The second kappa shape index (κ2) is 6.12. The quantitative estimate of drug-likeness (QED) is 0.775. The van der Waals surface area contributed by atoms with E-state index in [0.717, 1.165) is 49.3 Å². The highest BCUT2D eigenvalue weighted by atomic mass is 16.5. The van der Waals surface area contributed by atoms with Crippen LogP contribution in [-0.2, 0) is 0 Å². The third kappa shape index (κ3) is 2.71. The summed E-state index contributed by atoms with van der Waals surface area (Å²) in [6.07, 6.45) is 6.22. The van der Waals surface area contributed by atoms with Crippen molar-refractivity contribution in [3.8, 4) is 11.5 Å². The second-order valence-corrected chi connectivity index (χ2v) is 7.09. The Bertz CT molecular complexity index is 910. The Hall–Kier alpha value is -2.89. The van der Waals surface area contributed by atoms with Gasteiger partial charge in [-0.3, -0.25) is 4.79 Å². The molecule has 1 aliphatic heterocycles. The summed E-state index contributed by atoms with van der Waals surface area (Å²) >= 11 is 0. The van der Waals surface area contributed by atoms with Gasteiger partial charge in [-0.05, 0) is 62.1 Å². The Morgan fingerprint density at radius 3 is 2.73 bits per heavy atom. The molecular weight excluding hydrogens is 328 g/mol. The number of H-pyrrole nitrogens is 1. The Morgan fingerprint density at radius 2 is 2.00 bits per heavy atom. The minimum Gasteiger partial charge on any atom is -0.363 e. The van der Waals surface area contributed by atoms with Gasteiger partial charge < -0.3 is 14.4 Å². The highest BCUT2D eigenvalue weighted by molar-refractivity contribution is 5.95. The number of carbonyl (C=O) groups is 1. The van der Waals surface area contributed by atoms with Crippen LogP contribution >= 0.6 is 0 Å². The molecule has 6 heteroatoms. The summed E-state index contributed by atoms with van der Waals surface area (Å²) in [5.74, 6) is 1.86. The number of likely N-dealkylation sites (tertiary alicyclic amines) is 1. The van der Waals surface area contributed by atoms with E-state index in [2.05, 4.69) is 15.1 Å². The number of nitrogens with zero attached hydrogens (tertiary/aromatic N) is 3. The van der Waals surface area contributed by atoms with Crippen LogP contribution in [0.1, 0.15) is 59.5 Å². The first-order chi connectivity index (χ1) is 12.8. The molecule has 1 saturated carbocycles. The SMILES string of the molecule is O=C(c1ccc(-c2nc(C3CC3)no2)cc1)N1CCCC1c1ccc[nH]1. The molecule has 2 aliphatic rings. The maximum atomic E-state index is 13.0. The molecule has 1 unspecified atom stereocenters. The monoisotopic (exact) mass is 348 g/mol. The zero-order valence-corrected chi connectivity index (χ0v) is 14.4. The Kier molecular flexibility index (Phi) is 3.62. The van der Waals surface area contributed by atoms with Crippen LogP contribution in [0.2, 0.25) is 0 Å². The molecule has 0 radical (unpaired) electrons. The second-order valence-electron chi connectivity index (χ2n) is 7.09. The van der Waals surface area contributed by atoms with Gasteiger partial charge in [0.2, 0.25) is 0 Å². The van der Waals surface area contributed by atoms with Crippen molar-refractivity contribution in [2.75, 3.05) is 6.54 Å². The molecule has 0 spiro atoms. The zero-order chi connectivity index (χ0) is 17.5. The van der Waals surface area contributed by atoms with Gasteiger partial charge in [0.15, 0.2) is 5.82 Å². The van der Waals surface area contributed by atoms with Crippen LogP contribution in [-0.4, -0.2) is 32.5 Å². The normalized spacial score (nSPS) is 19.8. The van der Waals surface area contributed by atoms with E-state index in [1.165, 1.54) is 0 Å². The maximum absolute atomic E-state index is 13.0. The molecule has 26 heavy (non-hydrogen) atoms. The number of rotatable bonds is 4. The van der Waals surface area contributed by atoms with Crippen LogP contribution in [0.3, 0.4) is 0 Å². The predicted molar refractivity (Wildman–Crippen MR) is 95.5 cm³/mol. The van der Waals surface area contributed by atoms with Gasteiger partial charge in [0.1, 0.15) is 0 Å². The van der Waals surface area contributed by atoms with Crippen molar-refractivity contribution >= 4 is 5.91 Å². The highest BCUT2D eigenvalue weighted by Gasteiger charge is 2.31. The lowest BCUT2D eigenvalue weighted by molar-refractivity contribution is 0.0733. The topological polar surface area (TPSA) is 75.0 Å². The Morgan fingerprint density at radius 1 is 1.15 bits per heavy atom. The van der Waals surface area contributed by atoms with Crippen molar-refractivity contribution in [3.05, 3.63) is 59.7 Å². The fraction of sp³-hybridized carbons (Fsp3) is 0.350. The van der Waals surface area contributed by atoms with E-state index >= 15 is 0 Å². The molecule has 5 rings (SSSR count). The number of benzene rings is 1. The molecule has 2 fully saturated rings. The molecule has 3 heterocycles. The molecule has 6 nitrogen and oxygen atoms in total. The lowest BCUT2D eigenvalue weighted by Gasteiger charge is -2.24. The first kappa shape index (κ1) is 15.4. The van der Waals surface area contributed by atoms with Gasteiger partial charge >= 0.3 is 0 Å². The van der Waals surface area contributed by atoms with Gasteiger partial charge in [-0.15, -0.1) is 0 Å². The molecular formula is C20H20N4O2. The van der Waals surface area contributed by atoms with Crippen molar-refractivity contribution in [1.29, 1.82) is 0 Å². The summed E-state index contributed by atoms with van der Waals surface area (Å²) in [4.78, 5) is 22.6. The number of amides is 1. The summed E-state index contributed by atoms with van der Waals surface area (Å²) < 4.78 is 5.36. The first-order valence-electron chi connectivity index (χ1n) is 9.18. The summed E-state index contributed by atoms with van der Waals surface area (Å²) in [5, 5.41) is 4.05. The van der Waals surface area contributed by atoms with E-state index in [1.54, 1.807) is 0 Å². The largest absolute Gasteiger partial charge is 0.363 e. The third-order valence-electron chi connectivity index (χ3n) is 5.26. The van der Waals surface area contributed by atoms with E-state index in [9.17, 15) is 4.79 Å². The number of carbonyl (C=O) groups excluding carboxylic acids is 1. The molecule has 132 valence electrons. The van der Waals surface area contributed by atoms with E-state index in [1.807, 2.05) is 47.5 Å². The smallest absolute Gasteiger partial charge is 0.257 e. The van der Waals surface area contributed by atoms with E-state index in [0.29, 0.717) is 17.4 Å². The van der Waals surface area contributed by atoms with Gasteiger partial charge in [0.05, 0.1) is 6.04 Å². The van der Waals surface area contributed by atoms with Gasteiger partial charge in [0.25, 0.3) is 11.8 Å². The van der Waals surface area contributed by atoms with Gasteiger partial charge in [-0.2, -0.15) is 4.98 Å². The fourth-order valence-corrected chi connectivity index (χ4v) is 3.67. The minimum absolute atomic E-state index is 0.0675. The Balaban J connectivity index is 1.35. The number of aromatic nitrogens is 3. The number of hydrogen-bond donors (Lipinski definition) is 1. The summed E-state index contributed by atoms with van der Waals surface area (Å²) in [7, 11) is 0. The number of aromatic amines is 1. The van der Waals surface area contributed by atoms with Gasteiger partial charge in [-0.1, -0.05) is 5.16 Å². The summed E-state index contributed by atoms with van der Waals surface area (Å²) in [6, 6.07) is 11.6. The standard InChI is InChI=1S/C20H20N4O2/c25-20(24-12-2-4-17(24)16-3-1-11-21-16)15-9-7-14(8-10-15)19-22-18(23-26-19)13-5-6-13/h1,3,7-11,13,17,21H,2,4-6,12H2. The molecule has 0 bridgehead atoms. The average molecular weight is 348 g/mol. The van der Waals surface area contributed by atoms with Crippen molar-refractivity contribution in [2.45, 2.75) is 37.6 Å². The summed E-state index contributed by atoms with van der Waals surface area (Å²) in [5.41, 5.74) is 2.64. The average Bonchev–Trinajstić information content (AvgIpc) is 3.13. The number of hydrogen-bond acceptors (Lipinski definition) is 4. The Labute approximate surface area is 151 Å². The van der Waals surface area contributed by atoms with Gasteiger partial charge in [-0.25, -0.2) is 0 Å². The maximum Gasteiger partial charge on any atom is 0.257 e. The van der Waals surface area contributed by atoms with Crippen LogP contribution in [0.25, 0.3) is 11.5 Å². The van der Waals surface area contributed by atoms with Gasteiger partial charge in [0, 0.05) is 35.5 Å². The molecule has 1 aliphatic carbocycles. The van der Waals surface area contributed by atoms with Crippen LogP contribution in [0.15, 0.2) is 47.1 Å². The van der Waals surface area contributed by atoms with Crippen molar-refractivity contribution in [1.82, 2.24) is 20.0 Å². The molecule has 1 saturated heterocycles. The lowest BCUT2D eigenvalue weighted by atomic mass is 10.1. The zero-order valence-electron chi connectivity index (χ0n) is 14.4. The van der Waals surface area contributed by atoms with Crippen LogP contribution < -0.4 is 0 Å². The summed E-state index contributed by atoms with van der Waals surface area (Å²) in [6.45, 7) is 0.790. The van der Waals surface area contributed by atoms with E-state index < -0.39 is 0 Å². The first-order valence-corrected chi connectivity index (χ1v) is 9.18. The molecule has 1 atom stereocenters. The molecule has 3 aromatic rings. The van der Waals surface area contributed by atoms with E-state index in [4.69, 9.17) is 4.52 Å². The molecule has 2 aromatic heterocycles. The minimum atomic E-state index is 0.0675. The van der Waals surface area contributed by atoms with Crippen LogP contribution in [0, 0.1) is 0 Å². The van der Waals surface area contributed by atoms with Crippen LogP contribution in [0.4, 0.5) is 0 Å². The fourth-order valence-electron chi connectivity index (χ4n) is 3.67. The van der Waals surface area contributed by atoms with E-state index in [-0.39, 0.29) is 11.9 Å². The molecule has 1 amide bonds. The van der Waals surface area contributed by atoms with Crippen LogP contribution in [0.5, 0.6) is 0 Å². The molecule has 1 N–H and O–H groups in total. The van der Waals surface area contributed by atoms with Crippen molar-refractivity contribution < 1.29 is 9.32 Å².